The molecule has 1 aliphatic rings. The second kappa shape index (κ2) is 5.29. The number of amides is 1. The van der Waals surface area contributed by atoms with Gasteiger partial charge in [-0.2, -0.15) is 5.10 Å². The number of aromatic nitrogens is 3. The molecule has 1 aliphatic carbocycles. The highest BCUT2D eigenvalue weighted by Gasteiger charge is 2.19. The van der Waals surface area contributed by atoms with E-state index in [1.54, 1.807) is 14.0 Å². The van der Waals surface area contributed by atoms with Crippen LogP contribution in [-0.4, -0.2) is 26.7 Å². The van der Waals surface area contributed by atoms with Gasteiger partial charge in [-0.3, -0.25) is 10.2 Å². The molecule has 1 aromatic heterocycles. The Morgan fingerprint density at radius 2 is 2.06 bits per heavy atom. The number of hydrogen-bond acceptors (Lipinski definition) is 4. The van der Waals surface area contributed by atoms with E-state index >= 15 is 0 Å². The lowest BCUT2D eigenvalue weighted by atomic mass is 9.95. The third-order valence-corrected chi connectivity index (χ3v) is 3.27. The Bertz CT molecular complexity index is 502. The molecule has 18 heavy (non-hydrogen) atoms. The van der Waals surface area contributed by atoms with Crippen LogP contribution in [0.25, 0.3) is 0 Å². The molecule has 0 aliphatic heterocycles. The molecule has 1 amide bonds. The Balaban J connectivity index is 2.15. The van der Waals surface area contributed by atoms with E-state index in [-0.39, 0.29) is 23.1 Å². The Labute approximate surface area is 106 Å². The van der Waals surface area contributed by atoms with Crippen molar-refractivity contribution in [1.29, 1.82) is 5.41 Å². The molecule has 6 nitrogen and oxygen atoms in total. The Morgan fingerprint density at radius 1 is 1.39 bits per heavy atom. The molecule has 0 unspecified atom stereocenters. The van der Waals surface area contributed by atoms with Crippen LogP contribution in [0, 0.1) is 12.3 Å². The van der Waals surface area contributed by atoms with Gasteiger partial charge in [0, 0.05) is 13.1 Å². The number of rotatable bonds is 2. The van der Waals surface area contributed by atoms with Gasteiger partial charge in [0.05, 0.1) is 0 Å². The van der Waals surface area contributed by atoms with E-state index in [0.717, 1.165) is 25.7 Å². The van der Waals surface area contributed by atoms with Crippen molar-refractivity contribution in [3.63, 3.8) is 0 Å². The van der Waals surface area contributed by atoms with Crippen LogP contribution in [-0.2, 0) is 7.05 Å². The lowest BCUT2D eigenvalue weighted by molar-refractivity contribution is 0.0918. The van der Waals surface area contributed by atoms with E-state index in [1.165, 1.54) is 11.1 Å². The summed E-state index contributed by atoms with van der Waals surface area (Å²) in [4.78, 5) is 16.2. The van der Waals surface area contributed by atoms with Crippen LogP contribution < -0.4 is 10.8 Å². The van der Waals surface area contributed by atoms with Crippen LogP contribution in [0.4, 0.5) is 0 Å². The zero-order valence-electron chi connectivity index (χ0n) is 10.9. The van der Waals surface area contributed by atoms with Gasteiger partial charge in [-0.05, 0) is 19.8 Å². The van der Waals surface area contributed by atoms with Crippen molar-refractivity contribution in [2.75, 3.05) is 0 Å². The molecule has 0 spiro atoms. The van der Waals surface area contributed by atoms with Gasteiger partial charge < -0.3 is 5.32 Å². The first-order valence-electron chi connectivity index (χ1n) is 6.35. The Morgan fingerprint density at radius 3 is 2.72 bits per heavy atom. The smallest absolute Gasteiger partial charge is 0.274 e. The third-order valence-electron chi connectivity index (χ3n) is 3.27. The van der Waals surface area contributed by atoms with Gasteiger partial charge in [0.25, 0.3) is 5.91 Å². The van der Waals surface area contributed by atoms with Gasteiger partial charge in [0.2, 0.25) is 0 Å². The minimum Gasteiger partial charge on any atom is -0.348 e. The van der Waals surface area contributed by atoms with Gasteiger partial charge in [0.1, 0.15) is 5.82 Å². The van der Waals surface area contributed by atoms with Crippen molar-refractivity contribution in [2.24, 2.45) is 7.05 Å². The predicted octanol–water partition coefficient (Wildman–Crippen LogP) is 0.665. The monoisotopic (exact) mass is 249 g/mol. The summed E-state index contributed by atoms with van der Waals surface area (Å²) in [5.41, 5.74) is 0.212. The minimum atomic E-state index is -0.256. The fourth-order valence-electron chi connectivity index (χ4n) is 2.32. The number of hydrogen-bond donors (Lipinski definition) is 2. The molecule has 98 valence electrons. The van der Waals surface area contributed by atoms with Crippen LogP contribution in [0.5, 0.6) is 0 Å². The average molecular weight is 249 g/mol. The number of nitrogens with one attached hydrogen (secondary N) is 2. The van der Waals surface area contributed by atoms with E-state index in [4.69, 9.17) is 5.41 Å². The average Bonchev–Trinajstić information content (AvgIpc) is 2.35. The summed E-state index contributed by atoms with van der Waals surface area (Å²) in [6.45, 7) is 1.72. The maximum Gasteiger partial charge on any atom is 0.274 e. The van der Waals surface area contributed by atoms with Crippen molar-refractivity contribution >= 4 is 5.91 Å². The zero-order valence-corrected chi connectivity index (χ0v) is 10.9. The van der Waals surface area contributed by atoms with E-state index in [9.17, 15) is 4.79 Å². The number of aryl methyl sites for hydroxylation is 2. The molecule has 6 heteroatoms. The summed E-state index contributed by atoms with van der Waals surface area (Å²) >= 11 is 0. The molecule has 0 radical (unpaired) electrons. The summed E-state index contributed by atoms with van der Waals surface area (Å²) in [5.74, 6) is 0.246. The molecule has 2 rings (SSSR count). The normalized spacial score (nSPS) is 16.6. The minimum absolute atomic E-state index is 0.0499. The molecule has 0 aromatic carbocycles. The van der Waals surface area contributed by atoms with E-state index in [0.29, 0.717) is 5.82 Å². The van der Waals surface area contributed by atoms with Gasteiger partial charge in [-0.15, -0.1) is 0 Å². The molecular formula is C12H19N5O. The topological polar surface area (TPSA) is 83.7 Å². The van der Waals surface area contributed by atoms with Crippen molar-refractivity contribution in [1.82, 2.24) is 20.1 Å². The zero-order chi connectivity index (χ0) is 13.1. The summed E-state index contributed by atoms with van der Waals surface area (Å²) in [5, 5.41) is 14.8. The first-order chi connectivity index (χ1) is 8.58. The molecule has 0 atom stereocenters. The van der Waals surface area contributed by atoms with Crippen LogP contribution >= 0.6 is 0 Å². The SMILES string of the molecule is Cc1nc(C(=O)NC2CCCCC2)c(=N)n(C)n1. The van der Waals surface area contributed by atoms with Crippen molar-refractivity contribution in [3.8, 4) is 0 Å². The number of carbonyl (C=O) groups is 1. The van der Waals surface area contributed by atoms with Gasteiger partial charge in [-0.1, -0.05) is 19.3 Å². The van der Waals surface area contributed by atoms with E-state index < -0.39 is 0 Å². The van der Waals surface area contributed by atoms with Crippen LogP contribution in [0.3, 0.4) is 0 Å². The quantitative estimate of drug-likeness (QED) is 0.807. The highest BCUT2D eigenvalue weighted by Crippen LogP contribution is 2.17. The molecule has 1 saturated carbocycles. The molecule has 1 heterocycles. The largest absolute Gasteiger partial charge is 0.348 e. The summed E-state index contributed by atoms with van der Waals surface area (Å²) < 4.78 is 1.37. The predicted molar refractivity (Wildman–Crippen MR) is 65.9 cm³/mol. The lowest BCUT2D eigenvalue weighted by Gasteiger charge is -2.22. The van der Waals surface area contributed by atoms with Crippen molar-refractivity contribution in [2.45, 2.75) is 45.1 Å². The van der Waals surface area contributed by atoms with E-state index in [2.05, 4.69) is 15.4 Å². The van der Waals surface area contributed by atoms with Crippen molar-refractivity contribution in [3.05, 3.63) is 17.0 Å². The molecule has 0 saturated heterocycles. The standard InChI is InChI=1S/C12H19N5O/c1-8-14-10(11(13)17(2)16-8)12(18)15-9-6-4-3-5-7-9/h9,13H,3-7H2,1-2H3,(H,15,18). The highest BCUT2D eigenvalue weighted by atomic mass is 16.2. The lowest BCUT2D eigenvalue weighted by Crippen LogP contribution is -2.41. The number of carbonyl (C=O) groups excluding carboxylic acids is 1. The first kappa shape index (κ1) is 12.7. The van der Waals surface area contributed by atoms with Crippen molar-refractivity contribution < 1.29 is 4.79 Å². The molecule has 0 bridgehead atoms. The molecule has 1 aromatic rings. The third kappa shape index (κ3) is 2.75. The maximum atomic E-state index is 12.1. The fraction of sp³-hybridized carbons (Fsp3) is 0.667. The summed E-state index contributed by atoms with van der Waals surface area (Å²) in [7, 11) is 1.65. The second-order valence-electron chi connectivity index (χ2n) is 4.79. The summed E-state index contributed by atoms with van der Waals surface area (Å²) in [6, 6.07) is 0.228. The van der Waals surface area contributed by atoms with Gasteiger partial charge >= 0.3 is 0 Å². The maximum absolute atomic E-state index is 12.1. The fourth-order valence-corrected chi connectivity index (χ4v) is 2.32. The van der Waals surface area contributed by atoms with Crippen LogP contribution in [0.15, 0.2) is 0 Å². The molecular weight excluding hydrogens is 230 g/mol. The van der Waals surface area contributed by atoms with Gasteiger partial charge in [-0.25, -0.2) is 9.67 Å². The highest BCUT2D eigenvalue weighted by molar-refractivity contribution is 5.91. The first-order valence-corrected chi connectivity index (χ1v) is 6.35. The molecule has 2 N–H and O–H groups in total. The van der Waals surface area contributed by atoms with Crippen LogP contribution in [0.1, 0.15) is 48.4 Å². The second-order valence-corrected chi connectivity index (χ2v) is 4.79. The Hall–Kier alpha value is -1.72. The summed E-state index contributed by atoms with van der Waals surface area (Å²) in [6.07, 6.45) is 5.62. The molecule has 1 fully saturated rings. The van der Waals surface area contributed by atoms with Crippen LogP contribution in [0.2, 0.25) is 0 Å². The van der Waals surface area contributed by atoms with Gasteiger partial charge in [0.15, 0.2) is 11.2 Å². The van der Waals surface area contributed by atoms with E-state index in [1.807, 2.05) is 0 Å². The Kier molecular flexibility index (Phi) is 3.74. The number of nitrogens with zero attached hydrogens (tertiary/aromatic N) is 3.